The van der Waals surface area contributed by atoms with Gasteiger partial charge < -0.3 is 15.3 Å². The maximum Gasteiger partial charge on any atom is 0.229 e. The van der Waals surface area contributed by atoms with Crippen LogP contribution < -0.4 is 10.2 Å². The molecule has 3 rings (SSSR count). The predicted octanol–water partition coefficient (Wildman–Crippen LogP) is 4.64. The zero-order valence-electron chi connectivity index (χ0n) is 16.3. The van der Waals surface area contributed by atoms with E-state index < -0.39 is 0 Å². The van der Waals surface area contributed by atoms with E-state index in [1.54, 1.807) is 11.8 Å². The molecule has 1 atom stereocenters. The molecule has 2 N–H and O–H groups in total. The summed E-state index contributed by atoms with van der Waals surface area (Å²) in [7, 11) is 0. The number of piperidine rings is 1. The molecule has 1 aromatic carbocycles. The van der Waals surface area contributed by atoms with Crippen LogP contribution in [0.25, 0.3) is 0 Å². The lowest BCUT2D eigenvalue weighted by molar-refractivity contribution is 0.262. The summed E-state index contributed by atoms with van der Waals surface area (Å²) in [6.45, 7) is 3.39. The first-order valence-corrected chi connectivity index (χ1v) is 11.1. The molecule has 0 radical (unpaired) electrons. The fourth-order valence-corrected chi connectivity index (χ4v) is 4.11. The number of anilines is 3. The number of aromatic nitrogens is 2. The van der Waals surface area contributed by atoms with Crippen LogP contribution in [0.5, 0.6) is 0 Å². The fourth-order valence-electron chi connectivity index (χ4n) is 3.65. The SMILES string of the molecule is CCCc1cc(N2CCCCC2CCO)nc(Nc2cccc(SC)c2)n1. The molecule has 5 nitrogen and oxygen atoms in total. The van der Waals surface area contributed by atoms with Crippen LogP contribution in [-0.2, 0) is 6.42 Å². The van der Waals surface area contributed by atoms with Gasteiger partial charge in [0.15, 0.2) is 0 Å². The molecule has 1 unspecified atom stereocenters. The van der Waals surface area contributed by atoms with Crippen molar-refractivity contribution < 1.29 is 5.11 Å². The van der Waals surface area contributed by atoms with E-state index in [0.717, 1.165) is 49.4 Å². The molecular formula is C21H30N4OS. The molecule has 0 aliphatic carbocycles. The Labute approximate surface area is 166 Å². The summed E-state index contributed by atoms with van der Waals surface area (Å²) >= 11 is 1.72. The Bertz CT molecular complexity index is 738. The molecular weight excluding hydrogens is 356 g/mol. The highest BCUT2D eigenvalue weighted by Gasteiger charge is 2.24. The molecule has 1 aromatic heterocycles. The predicted molar refractivity (Wildman–Crippen MR) is 114 cm³/mol. The second kappa shape index (κ2) is 9.95. The molecule has 0 amide bonds. The minimum Gasteiger partial charge on any atom is -0.396 e. The van der Waals surface area contributed by atoms with Gasteiger partial charge in [0.1, 0.15) is 5.82 Å². The van der Waals surface area contributed by atoms with E-state index in [4.69, 9.17) is 9.97 Å². The second-order valence-corrected chi connectivity index (χ2v) is 7.88. The van der Waals surface area contributed by atoms with Gasteiger partial charge in [-0.1, -0.05) is 19.4 Å². The van der Waals surface area contributed by atoms with Gasteiger partial charge in [0.25, 0.3) is 0 Å². The standard InChI is InChI=1S/C21H30N4OS/c1-3-7-16-15-20(25-12-5-4-9-18(25)11-13-26)24-21(22-16)23-17-8-6-10-19(14-17)27-2/h6,8,10,14-15,18,26H,3-5,7,9,11-13H2,1-2H3,(H,22,23,24). The highest BCUT2D eigenvalue weighted by molar-refractivity contribution is 7.98. The maximum absolute atomic E-state index is 9.45. The summed E-state index contributed by atoms with van der Waals surface area (Å²) < 4.78 is 0. The minimum atomic E-state index is 0.223. The lowest BCUT2D eigenvalue weighted by atomic mass is 9.99. The smallest absolute Gasteiger partial charge is 0.229 e. The quantitative estimate of drug-likeness (QED) is 0.645. The van der Waals surface area contributed by atoms with Crippen molar-refractivity contribution in [3.8, 4) is 0 Å². The van der Waals surface area contributed by atoms with Crippen LogP contribution in [0.2, 0.25) is 0 Å². The molecule has 0 bridgehead atoms. The Hall–Kier alpha value is -1.79. The van der Waals surface area contributed by atoms with Gasteiger partial charge in [0.05, 0.1) is 0 Å². The zero-order chi connectivity index (χ0) is 19.1. The molecule has 1 aliphatic rings. The highest BCUT2D eigenvalue weighted by atomic mass is 32.2. The van der Waals surface area contributed by atoms with Crippen molar-refractivity contribution in [2.75, 3.05) is 29.6 Å². The lowest BCUT2D eigenvalue weighted by Gasteiger charge is -2.36. The third-order valence-corrected chi connectivity index (χ3v) is 5.71. The summed E-state index contributed by atoms with van der Waals surface area (Å²) in [5.74, 6) is 1.64. The van der Waals surface area contributed by atoms with Gasteiger partial charge in [-0.2, -0.15) is 4.98 Å². The van der Waals surface area contributed by atoms with Gasteiger partial charge >= 0.3 is 0 Å². The Morgan fingerprint density at radius 2 is 2.15 bits per heavy atom. The number of aliphatic hydroxyl groups excluding tert-OH is 1. The highest BCUT2D eigenvalue weighted by Crippen LogP contribution is 2.28. The summed E-state index contributed by atoms with van der Waals surface area (Å²) in [5, 5.41) is 12.8. The average molecular weight is 387 g/mol. The minimum absolute atomic E-state index is 0.223. The first-order valence-electron chi connectivity index (χ1n) is 9.90. The largest absolute Gasteiger partial charge is 0.396 e. The van der Waals surface area contributed by atoms with Crippen molar-refractivity contribution in [2.24, 2.45) is 0 Å². The van der Waals surface area contributed by atoms with Crippen molar-refractivity contribution in [2.45, 2.75) is 56.4 Å². The zero-order valence-corrected chi connectivity index (χ0v) is 17.1. The molecule has 6 heteroatoms. The molecule has 0 saturated carbocycles. The summed E-state index contributed by atoms with van der Waals surface area (Å²) in [5.41, 5.74) is 2.08. The van der Waals surface area contributed by atoms with Gasteiger partial charge in [-0.05, 0) is 56.6 Å². The first kappa shape index (κ1) is 20.0. The van der Waals surface area contributed by atoms with Crippen LogP contribution in [0, 0.1) is 0 Å². The van der Waals surface area contributed by atoms with E-state index in [1.807, 2.05) is 12.1 Å². The van der Waals surface area contributed by atoms with Crippen LogP contribution in [0.3, 0.4) is 0 Å². The van der Waals surface area contributed by atoms with Crippen LogP contribution >= 0.6 is 11.8 Å². The number of rotatable bonds is 8. The van der Waals surface area contributed by atoms with Crippen LogP contribution in [-0.4, -0.2) is 40.5 Å². The Morgan fingerprint density at radius 3 is 2.93 bits per heavy atom. The van der Waals surface area contributed by atoms with Crippen molar-refractivity contribution in [3.63, 3.8) is 0 Å². The fraction of sp³-hybridized carbons (Fsp3) is 0.524. The molecule has 27 heavy (non-hydrogen) atoms. The third-order valence-electron chi connectivity index (χ3n) is 4.98. The normalized spacial score (nSPS) is 17.1. The summed E-state index contributed by atoms with van der Waals surface area (Å²) in [4.78, 5) is 13.1. The number of benzene rings is 1. The van der Waals surface area contributed by atoms with E-state index >= 15 is 0 Å². The van der Waals surface area contributed by atoms with E-state index in [9.17, 15) is 5.11 Å². The Morgan fingerprint density at radius 1 is 1.26 bits per heavy atom. The van der Waals surface area contributed by atoms with Crippen LogP contribution in [0.4, 0.5) is 17.5 Å². The van der Waals surface area contributed by atoms with Crippen molar-refractivity contribution in [1.82, 2.24) is 9.97 Å². The van der Waals surface area contributed by atoms with E-state index in [-0.39, 0.29) is 6.61 Å². The van der Waals surface area contributed by atoms with E-state index in [0.29, 0.717) is 12.0 Å². The van der Waals surface area contributed by atoms with E-state index in [2.05, 4.69) is 41.6 Å². The monoisotopic (exact) mass is 386 g/mol. The number of aryl methyl sites for hydroxylation is 1. The van der Waals surface area contributed by atoms with Crippen LogP contribution in [0.1, 0.15) is 44.7 Å². The first-order chi connectivity index (χ1) is 13.2. The molecule has 1 aliphatic heterocycles. The van der Waals surface area contributed by atoms with Gasteiger partial charge in [-0.15, -0.1) is 11.8 Å². The number of aliphatic hydroxyl groups is 1. The number of hydrogen-bond donors (Lipinski definition) is 2. The number of hydrogen-bond acceptors (Lipinski definition) is 6. The molecule has 2 aromatic rings. The average Bonchev–Trinajstić information content (AvgIpc) is 2.69. The Kier molecular flexibility index (Phi) is 7.35. The van der Waals surface area contributed by atoms with E-state index in [1.165, 1.54) is 17.7 Å². The second-order valence-electron chi connectivity index (χ2n) is 7.00. The van der Waals surface area contributed by atoms with Crippen molar-refractivity contribution in [3.05, 3.63) is 36.0 Å². The summed E-state index contributed by atoms with van der Waals surface area (Å²) in [6.07, 6.45) is 8.38. The van der Waals surface area contributed by atoms with Crippen LogP contribution in [0.15, 0.2) is 35.2 Å². The number of nitrogens with zero attached hydrogens (tertiary/aromatic N) is 3. The van der Waals surface area contributed by atoms with Gasteiger partial charge in [-0.25, -0.2) is 4.98 Å². The number of nitrogens with one attached hydrogen (secondary N) is 1. The summed E-state index contributed by atoms with van der Waals surface area (Å²) in [6, 6.07) is 10.8. The van der Waals surface area contributed by atoms with Gasteiger partial charge in [-0.3, -0.25) is 0 Å². The number of thioether (sulfide) groups is 1. The third kappa shape index (κ3) is 5.36. The molecule has 0 spiro atoms. The van der Waals surface area contributed by atoms with Gasteiger partial charge in [0.2, 0.25) is 5.95 Å². The molecule has 146 valence electrons. The molecule has 1 saturated heterocycles. The molecule has 1 fully saturated rings. The topological polar surface area (TPSA) is 61.3 Å². The van der Waals surface area contributed by atoms with Crippen molar-refractivity contribution in [1.29, 1.82) is 0 Å². The molecule has 2 heterocycles. The van der Waals surface area contributed by atoms with Crippen molar-refractivity contribution >= 4 is 29.2 Å². The Balaban J connectivity index is 1.89. The lowest BCUT2D eigenvalue weighted by Crippen LogP contribution is -2.40. The maximum atomic E-state index is 9.45. The van der Waals surface area contributed by atoms with Gasteiger partial charge in [0, 0.05) is 41.5 Å².